The zero-order chi connectivity index (χ0) is 22.7. The van der Waals surface area contributed by atoms with E-state index < -0.39 is 34.1 Å². The first-order chi connectivity index (χ1) is 15.4. The molecule has 32 heavy (non-hydrogen) atoms. The van der Waals surface area contributed by atoms with Crippen molar-refractivity contribution in [2.45, 2.75) is 23.4 Å². The van der Waals surface area contributed by atoms with Gasteiger partial charge in [0.15, 0.2) is 5.11 Å². The van der Waals surface area contributed by atoms with Crippen molar-refractivity contribution in [2.75, 3.05) is 13.2 Å². The summed E-state index contributed by atoms with van der Waals surface area (Å²) in [5, 5.41) is 2.74. The molecule has 2 amide bonds. The largest absolute Gasteiger partial charge is 0.447 e. The number of carbonyl (C=O) groups is 2. The van der Waals surface area contributed by atoms with Crippen molar-refractivity contribution >= 4 is 45.4 Å². The van der Waals surface area contributed by atoms with Crippen molar-refractivity contribution in [3.8, 4) is 0 Å². The van der Waals surface area contributed by atoms with Crippen LogP contribution in [0.1, 0.15) is 12.0 Å². The van der Waals surface area contributed by atoms with E-state index in [1.54, 1.807) is 24.3 Å². The Balaban J connectivity index is 1.67. The predicted molar refractivity (Wildman–Crippen MR) is 122 cm³/mol. The normalized spacial score (nSPS) is 21.1. The van der Waals surface area contributed by atoms with Gasteiger partial charge in [0.25, 0.3) is 15.9 Å². The Kier molecular flexibility index (Phi) is 6.24. The van der Waals surface area contributed by atoms with Crippen LogP contribution in [0, 0.1) is 0 Å². The summed E-state index contributed by atoms with van der Waals surface area (Å²) in [5.74, 6) is -0.571. The van der Waals surface area contributed by atoms with E-state index in [1.165, 1.54) is 12.1 Å². The number of benzene rings is 2. The molecular formula is C22H21N3O5S2. The molecule has 2 aromatic rings. The second-order valence-corrected chi connectivity index (χ2v) is 9.46. The van der Waals surface area contributed by atoms with Crippen LogP contribution in [0.2, 0.25) is 0 Å². The zero-order valence-electron chi connectivity index (χ0n) is 17.0. The number of rotatable bonds is 6. The van der Waals surface area contributed by atoms with Gasteiger partial charge in [0.2, 0.25) is 0 Å². The van der Waals surface area contributed by atoms with Gasteiger partial charge in [-0.3, -0.25) is 4.79 Å². The van der Waals surface area contributed by atoms with Crippen LogP contribution in [0.4, 0.5) is 4.79 Å². The fourth-order valence-electron chi connectivity index (χ4n) is 3.70. The predicted octanol–water partition coefficient (Wildman–Crippen LogP) is 2.38. The Morgan fingerprint density at radius 3 is 2.41 bits per heavy atom. The molecule has 0 bridgehead atoms. The molecule has 2 atom stereocenters. The molecule has 4 rings (SSSR count). The van der Waals surface area contributed by atoms with Gasteiger partial charge in [0, 0.05) is 0 Å². The summed E-state index contributed by atoms with van der Waals surface area (Å²) >= 11 is 5.33. The van der Waals surface area contributed by atoms with Gasteiger partial charge in [-0.1, -0.05) is 60.7 Å². The van der Waals surface area contributed by atoms with Crippen molar-refractivity contribution in [3.63, 3.8) is 0 Å². The van der Waals surface area contributed by atoms with Gasteiger partial charge in [0.1, 0.15) is 12.6 Å². The lowest BCUT2D eigenvalue weighted by Crippen LogP contribution is -2.50. The van der Waals surface area contributed by atoms with Crippen molar-refractivity contribution in [3.05, 3.63) is 72.3 Å². The molecule has 8 nitrogen and oxygen atoms in total. The number of carbonyl (C=O) groups excluding carboxylic acids is 2. The second-order valence-electron chi connectivity index (χ2n) is 7.26. The number of cyclic esters (lactones) is 1. The second kappa shape index (κ2) is 9.09. The molecule has 0 aromatic heterocycles. The summed E-state index contributed by atoms with van der Waals surface area (Å²) in [7, 11) is -4.03. The highest BCUT2D eigenvalue weighted by molar-refractivity contribution is 7.91. The van der Waals surface area contributed by atoms with Gasteiger partial charge < -0.3 is 10.1 Å². The van der Waals surface area contributed by atoms with Gasteiger partial charge in [-0.25, -0.2) is 22.4 Å². The minimum absolute atomic E-state index is 0.0647. The molecule has 2 aromatic carbocycles. The van der Waals surface area contributed by atoms with E-state index in [0.717, 1.165) is 14.8 Å². The standard InChI is InChI=1S/C22H21N3O5S2/c26-20(24-14-15-30-22(24)27)19-18(13-7-10-16-8-3-1-4-9-16)25(21(31)23-19)32(28,29)17-11-5-2-6-12-17/h1-12,18-19H,13-15H2,(H,23,31)/b10-7+/t18-,19+/m0/s1. The SMILES string of the molecule is O=C1OCCN1C(=O)[C@@H]1NC(=S)N(S(=O)(=O)c2ccccc2)[C@H]1C/C=C/c1ccccc1. The molecule has 0 saturated carbocycles. The third-order valence-corrected chi connectivity index (χ3v) is 7.51. The Bertz CT molecular complexity index is 1150. The summed E-state index contributed by atoms with van der Waals surface area (Å²) in [6.07, 6.45) is 3.10. The van der Waals surface area contributed by atoms with Crippen LogP contribution in [0.25, 0.3) is 6.08 Å². The Morgan fingerprint density at radius 2 is 1.78 bits per heavy atom. The topological polar surface area (TPSA) is 96.0 Å². The van der Waals surface area contributed by atoms with Crippen LogP contribution in [0.3, 0.4) is 0 Å². The lowest BCUT2D eigenvalue weighted by Gasteiger charge is -2.26. The van der Waals surface area contributed by atoms with Crippen LogP contribution in [-0.4, -0.2) is 60.0 Å². The number of nitrogens with zero attached hydrogens (tertiary/aromatic N) is 2. The third kappa shape index (κ3) is 4.23. The summed E-state index contributed by atoms with van der Waals surface area (Å²) in [4.78, 5) is 26.1. The molecule has 10 heteroatoms. The lowest BCUT2D eigenvalue weighted by molar-refractivity contribution is -0.130. The number of amides is 2. The molecule has 2 heterocycles. The molecule has 0 spiro atoms. The average Bonchev–Trinajstić information content (AvgIpc) is 3.38. The molecule has 0 aliphatic carbocycles. The fraction of sp³-hybridized carbons (Fsp3) is 0.227. The Labute approximate surface area is 191 Å². The highest BCUT2D eigenvalue weighted by Crippen LogP contribution is 2.28. The number of imide groups is 1. The van der Waals surface area contributed by atoms with Gasteiger partial charge in [-0.15, -0.1) is 0 Å². The molecule has 2 aliphatic heterocycles. The Hall–Kier alpha value is -3.24. The molecule has 2 saturated heterocycles. The molecule has 2 aliphatic rings. The van der Waals surface area contributed by atoms with Crippen molar-refractivity contribution in [1.29, 1.82) is 0 Å². The zero-order valence-corrected chi connectivity index (χ0v) is 18.6. The molecular weight excluding hydrogens is 450 g/mol. The van der Waals surface area contributed by atoms with Crippen LogP contribution in [0.5, 0.6) is 0 Å². The first kappa shape index (κ1) is 22.0. The highest BCUT2D eigenvalue weighted by atomic mass is 32.2. The van der Waals surface area contributed by atoms with Crippen molar-refractivity contribution in [1.82, 2.24) is 14.5 Å². The van der Waals surface area contributed by atoms with Crippen LogP contribution < -0.4 is 5.32 Å². The summed E-state index contributed by atoms with van der Waals surface area (Å²) in [5.41, 5.74) is 0.935. The minimum atomic E-state index is -4.03. The molecule has 0 unspecified atom stereocenters. The number of sulfonamides is 1. The van der Waals surface area contributed by atoms with Crippen LogP contribution in [-0.2, 0) is 19.6 Å². The van der Waals surface area contributed by atoms with Gasteiger partial charge in [-0.05, 0) is 36.3 Å². The monoisotopic (exact) mass is 471 g/mol. The molecule has 166 valence electrons. The first-order valence-corrected chi connectivity index (χ1v) is 11.8. The number of nitrogens with one attached hydrogen (secondary N) is 1. The van der Waals surface area contributed by atoms with E-state index in [2.05, 4.69) is 5.32 Å². The maximum absolute atomic E-state index is 13.4. The number of ether oxygens (including phenoxy) is 1. The summed E-state index contributed by atoms with van der Waals surface area (Å²) in [6, 6.07) is 15.5. The van der Waals surface area contributed by atoms with Gasteiger partial charge >= 0.3 is 6.09 Å². The van der Waals surface area contributed by atoms with Crippen LogP contribution in [0.15, 0.2) is 71.6 Å². The maximum atomic E-state index is 13.4. The maximum Gasteiger partial charge on any atom is 0.416 e. The van der Waals surface area contributed by atoms with Crippen molar-refractivity contribution in [2.24, 2.45) is 0 Å². The van der Waals surface area contributed by atoms with Gasteiger partial charge in [0.05, 0.1) is 17.5 Å². The van der Waals surface area contributed by atoms with Crippen LogP contribution >= 0.6 is 12.2 Å². The third-order valence-electron chi connectivity index (χ3n) is 5.25. The number of thiocarbonyl (C=S) groups is 1. The van der Waals surface area contributed by atoms with E-state index in [1.807, 2.05) is 36.4 Å². The fourth-order valence-corrected chi connectivity index (χ4v) is 5.82. The molecule has 0 radical (unpaired) electrons. The van der Waals surface area contributed by atoms with E-state index in [9.17, 15) is 18.0 Å². The number of hydrogen-bond acceptors (Lipinski definition) is 6. The average molecular weight is 472 g/mol. The van der Waals surface area contributed by atoms with Crippen molar-refractivity contribution < 1.29 is 22.7 Å². The summed E-state index contributed by atoms with van der Waals surface area (Å²) < 4.78 is 32.7. The molecule has 2 fully saturated rings. The smallest absolute Gasteiger partial charge is 0.416 e. The van der Waals surface area contributed by atoms with E-state index in [0.29, 0.717) is 0 Å². The van der Waals surface area contributed by atoms with Gasteiger partial charge in [-0.2, -0.15) is 0 Å². The Morgan fingerprint density at radius 1 is 1.12 bits per heavy atom. The highest BCUT2D eigenvalue weighted by Gasteiger charge is 2.49. The molecule has 1 N–H and O–H groups in total. The lowest BCUT2D eigenvalue weighted by atomic mass is 10.0. The number of hydrogen-bond donors (Lipinski definition) is 1. The van der Waals surface area contributed by atoms with E-state index in [-0.39, 0.29) is 29.6 Å². The quantitative estimate of drug-likeness (QED) is 0.646. The first-order valence-electron chi connectivity index (χ1n) is 9.99. The minimum Gasteiger partial charge on any atom is -0.447 e. The van der Waals surface area contributed by atoms with E-state index >= 15 is 0 Å². The van der Waals surface area contributed by atoms with E-state index in [4.69, 9.17) is 17.0 Å². The summed E-state index contributed by atoms with van der Waals surface area (Å²) in [6.45, 7) is 0.215.